The van der Waals surface area contributed by atoms with Crippen LogP contribution >= 0.6 is 0 Å². The number of carbonyl (C=O) groups excluding carboxylic acids is 1. The molecule has 1 saturated heterocycles. The Morgan fingerprint density at radius 3 is 2.59 bits per heavy atom. The molecule has 2 N–H and O–H groups in total. The van der Waals surface area contributed by atoms with Crippen LogP contribution in [0.4, 0.5) is 4.79 Å². The van der Waals surface area contributed by atoms with Gasteiger partial charge in [0.25, 0.3) is 0 Å². The molecule has 0 radical (unpaired) electrons. The molecular formula is C20H26N4O3. The van der Waals surface area contributed by atoms with Crippen molar-refractivity contribution >= 4 is 12.0 Å². The lowest BCUT2D eigenvalue weighted by Gasteiger charge is -2.42. The number of carboxylic acids is 1. The molecule has 27 heavy (non-hydrogen) atoms. The van der Waals surface area contributed by atoms with Crippen LogP contribution in [0.3, 0.4) is 0 Å². The SMILES string of the molecule is CCN(CC(=O)O)C1CC(NC(=O)N2C[C@@H](C#N)[C@H](c3ccccc3)C2)C1. The van der Waals surface area contributed by atoms with Crippen molar-refractivity contribution in [1.82, 2.24) is 15.1 Å². The van der Waals surface area contributed by atoms with E-state index in [2.05, 4.69) is 11.4 Å². The van der Waals surface area contributed by atoms with Crippen molar-refractivity contribution in [3.8, 4) is 6.07 Å². The first-order valence-electron chi connectivity index (χ1n) is 9.47. The predicted octanol–water partition coefficient (Wildman–Crippen LogP) is 1.87. The van der Waals surface area contributed by atoms with Gasteiger partial charge in [-0.2, -0.15) is 5.26 Å². The molecule has 1 aliphatic heterocycles. The fraction of sp³-hybridized carbons (Fsp3) is 0.550. The average Bonchev–Trinajstić information content (AvgIpc) is 3.07. The van der Waals surface area contributed by atoms with E-state index in [1.165, 1.54) is 0 Å². The summed E-state index contributed by atoms with van der Waals surface area (Å²) < 4.78 is 0. The maximum atomic E-state index is 12.6. The number of carbonyl (C=O) groups is 2. The van der Waals surface area contributed by atoms with Gasteiger partial charge in [-0.1, -0.05) is 37.3 Å². The summed E-state index contributed by atoms with van der Waals surface area (Å²) in [6.45, 7) is 3.66. The maximum absolute atomic E-state index is 12.6. The predicted molar refractivity (Wildman–Crippen MR) is 100 cm³/mol. The van der Waals surface area contributed by atoms with Gasteiger partial charge in [-0.05, 0) is 24.9 Å². The van der Waals surface area contributed by atoms with Crippen molar-refractivity contribution in [2.24, 2.45) is 5.92 Å². The number of amides is 2. The quantitative estimate of drug-likeness (QED) is 0.797. The number of hydrogen-bond acceptors (Lipinski definition) is 4. The lowest BCUT2D eigenvalue weighted by molar-refractivity contribution is -0.139. The van der Waals surface area contributed by atoms with Crippen LogP contribution in [0.5, 0.6) is 0 Å². The topological polar surface area (TPSA) is 96.7 Å². The van der Waals surface area contributed by atoms with E-state index < -0.39 is 5.97 Å². The van der Waals surface area contributed by atoms with Gasteiger partial charge in [-0.3, -0.25) is 9.69 Å². The highest BCUT2D eigenvalue weighted by atomic mass is 16.4. The number of nitrogens with zero attached hydrogens (tertiary/aromatic N) is 3. The van der Waals surface area contributed by atoms with Crippen molar-refractivity contribution in [3.63, 3.8) is 0 Å². The lowest BCUT2D eigenvalue weighted by Crippen LogP contribution is -2.56. The first kappa shape index (κ1) is 19.2. The zero-order valence-corrected chi connectivity index (χ0v) is 15.5. The zero-order valence-electron chi connectivity index (χ0n) is 15.5. The number of nitriles is 1. The highest BCUT2D eigenvalue weighted by Crippen LogP contribution is 2.33. The second kappa shape index (κ2) is 8.40. The van der Waals surface area contributed by atoms with E-state index in [9.17, 15) is 14.9 Å². The molecule has 7 nitrogen and oxygen atoms in total. The molecular weight excluding hydrogens is 344 g/mol. The van der Waals surface area contributed by atoms with E-state index in [1.807, 2.05) is 42.2 Å². The van der Waals surface area contributed by atoms with Gasteiger partial charge < -0.3 is 15.3 Å². The Bertz CT molecular complexity index is 712. The normalized spacial score (nSPS) is 27.1. The molecule has 1 aliphatic carbocycles. The highest BCUT2D eigenvalue weighted by Gasteiger charge is 2.39. The summed E-state index contributed by atoms with van der Waals surface area (Å²) in [5.74, 6) is -0.975. The van der Waals surface area contributed by atoms with Gasteiger partial charge in [-0.15, -0.1) is 0 Å². The Labute approximate surface area is 159 Å². The fourth-order valence-electron chi connectivity index (χ4n) is 4.08. The molecule has 0 bridgehead atoms. The first-order chi connectivity index (χ1) is 13.0. The van der Waals surface area contributed by atoms with Crippen LogP contribution in [-0.2, 0) is 4.79 Å². The summed E-state index contributed by atoms with van der Waals surface area (Å²) in [6, 6.07) is 12.4. The largest absolute Gasteiger partial charge is 0.480 e. The Hall–Kier alpha value is -2.59. The van der Waals surface area contributed by atoms with Crippen molar-refractivity contribution in [3.05, 3.63) is 35.9 Å². The Morgan fingerprint density at radius 2 is 2.00 bits per heavy atom. The Morgan fingerprint density at radius 1 is 1.30 bits per heavy atom. The Balaban J connectivity index is 1.51. The Kier molecular flexibility index (Phi) is 5.97. The third-order valence-electron chi connectivity index (χ3n) is 5.70. The van der Waals surface area contributed by atoms with Crippen LogP contribution in [0.1, 0.15) is 31.2 Å². The number of urea groups is 1. The summed E-state index contributed by atoms with van der Waals surface area (Å²) in [4.78, 5) is 27.2. The maximum Gasteiger partial charge on any atom is 0.317 e. The van der Waals surface area contributed by atoms with Gasteiger partial charge in [0, 0.05) is 31.1 Å². The van der Waals surface area contributed by atoms with Crippen LogP contribution in [0.25, 0.3) is 0 Å². The lowest BCUT2D eigenvalue weighted by atomic mass is 9.85. The number of nitrogens with one attached hydrogen (secondary N) is 1. The molecule has 1 heterocycles. The van der Waals surface area contributed by atoms with Crippen LogP contribution in [0.15, 0.2) is 30.3 Å². The molecule has 1 aromatic carbocycles. The van der Waals surface area contributed by atoms with Crippen LogP contribution in [-0.4, -0.2) is 65.2 Å². The molecule has 3 rings (SSSR count). The van der Waals surface area contributed by atoms with Gasteiger partial charge >= 0.3 is 12.0 Å². The number of likely N-dealkylation sites (N-methyl/N-ethyl adjacent to an activating group) is 1. The summed E-state index contributed by atoms with van der Waals surface area (Å²) >= 11 is 0. The molecule has 2 amide bonds. The molecule has 0 unspecified atom stereocenters. The van der Waals surface area contributed by atoms with Crippen LogP contribution < -0.4 is 5.32 Å². The molecule has 144 valence electrons. The number of likely N-dealkylation sites (tertiary alicyclic amines) is 1. The standard InChI is InChI=1S/C20H26N4O3/c1-2-23(13-19(25)26)17-8-16(9-17)22-20(27)24-11-15(10-21)18(12-24)14-6-4-3-5-7-14/h3-7,15-18H,2,8-9,11-13H2,1H3,(H,22,27)(H,25,26)/t15-,16?,17?,18+/m1/s1. The number of benzene rings is 1. The molecule has 2 fully saturated rings. The van der Waals surface area contributed by atoms with Gasteiger partial charge in [0.05, 0.1) is 18.5 Å². The zero-order chi connectivity index (χ0) is 19.4. The monoisotopic (exact) mass is 370 g/mol. The number of carboxylic acid groups (broad SMARTS) is 1. The molecule has 2 atom stereocenters. The smallest absolute Gasteiger partial charge is 0.317 e. The molecule has 2 aliphatic rings. The van der Waals surface area contributed by atoms with Crippen molar-refractivity contribution < 1.29 is 14.7 Å². The molecule has 1 saturated carbocycles. The van der Waals surface area contributed by atoms with E-state index >= 15 is 0 Å². The van der Waals surface area contributed by atoms with E-state index in [4.69, 9.17) is 5.11 Å². The molecule has 7 heteroatoms. The van der Waals surface area contributed by atoms with E-state index in [1.54, 1.807) is 4.90 Å². The number of rotatable bonds is 6. The van der Waals surface area contributed by atoms with E-state index in [0.717, 1.165) is 18.4 Å². The second-order valence-electron chi connectivity index (χ2n) is 7.39. The first-order valence-corrected chi connectivity index (χ1v) is 9.47. The summed E-state index contributed by atoms with van der Waals surface area (Å²) in [5.41, 5.74) is 1.09. The third-order valence-corrected chi connectivity index (χ3v) is 5.70. The second-order valence-corrected chi connectivity index (χ2v) is 7.39. The minimum atomic E-state index is -0.823. The van der Waals surface area contributed by atoms with Crippen LogP contribution in [0.2, 0.25) is 0 Å². The average molecular weight is 370 g/mol. The third kappa shape index (κ3) is 4.40. The summed E-state index contributed by atoms with van der Waals surface area (Å²) in [6.07, 6.45) is 1.54. The minimum absolute atomic E-state index is 0.0383. The van der Waals surface area contributed by atoms with Crippen molar-refractivity contribution in [2.75, 3.05) is 26.2 Å². The van der Waals surface area contributed by atoms with Gasteiger partial charge in [0.15, 0.2) is 0 Å². The number of aliphatic carboxylic acids is 1. The van der Waals surface area contributed by atoms with Gasteiger partial charge in [-0.25, -0.2) is 4.79 Å². The van der Waals surface area contributed by atoms with Crippen molar-refractivity contribution in [1.29, 1.82) is 5.26 Å². The van der Waals surface area contributed by atoms with Gasteiger partial charge in [0.2, 0.25) is 0 Å². The van der Waals surface area contributed by atoms with E-state index in [-0.39, 0.29) is 36.5 Å². The molecule has 0 spiro atoms. The van der Waals surface area contributed by atoms with Crippen molar-refractivity contribution in [2.45, 2.75) is 37.8 Å². The minimum Gasteiger partial charge on any atom is -0.480 e. The number of hydrogen-bond donors (Lipinski definition) is 2. The highest BCUT2D eigenvalue weighted by molar-refractivity contribution is 5.75. The fourth-order valence-corrected chi connectivity index (χ4v) is 4.08. The molecule has 1 aromatic rings. The van der Waals surface area contributed by atoms with Gasteiger partial charge in [0.1, 0.15) is 0 Å². The van der Waals surface area contributed by atoms with E-state index in [0.29, 0.717) is 19.6 Å². The summed E-state index contributed by atoms with van der Waals surface area (Å²) in [5, 5.41) is 21.5. The van der Waals surface area contributed by atoms with Crippen LogP contribution in [0, 0.1) is 17.2 Å². The summed E-state index contributed by atoms with van der Waals surface area (Å²) in [7, 11) is 0. The molecule has 0 aromatic heterocycles.